The van der Waals surface area contributed by atoms with Crippen LogP contribution in [0.1, 0.15) is 58.0 Å². The summed E-state index contributed by atoms with van der Waals surface area (Å²) in [6.45, 7) is 5.44. The molecule has 4 rings (SSSR count). The molecule has 0 radical (unpaired) electrons. The molecule has 6 nitrogen and oxygen atoms in total. The van der Waals surface area contributed by atoms with Crippen LogP contribution in [0.15, 0.2) is 36.4 Å². The summed E-state index contributed by atoms with van der Waals surface area (Å²) in [6.07, 6.45) is 2.02. The van der Waals surface area contributed by atoms with Crippen LogP contribution in [-0.2, 0) is 9.59 Å². The molecule has 0 bridgehead atoms. The van der Waals surface area contributed by atoms with E-state index in [9.17, 15) is 19.2 Å². The molecule has 0 aromatic heterocycles. The van der Waals surface area contributed by atoms with Crippen LogP contribution in [0, 0.1) is 31.6 Å². The van der Waals surface area contributed by atoms with Gasteiger partial charge in [-0.25, -0.2) is 5.01 Å². The van der Waals surface area contributed by atoms with E-state index in [-0.39, 0.29) is 21.4 Å². The molecule has 178 valence electrons. The highest BCUT2D eigenvalue weighted by atomic mass is 35.5. The van der Waals surface area contributed by atoms with Crippen molar-refractivity contribution in [2.45, 2.75) is 40.0 Å². The number of aryl methyl sites for hydroxylation is 2. The van der Waals surface area contributed by atoms with Gasteiger partial charge in [-0.05, 0) is 74.4 Å². The first kappa shape index (κ1) is 24.4. The number of carbonyl (C=O) groups excluding carboxylic acids is 4. The summed E-state index contributed by atoms with van der Waals surface area (Å²) in [7, 11) is 0. The summed E-state index contributed by atoms with van der Waals surface area (Å²) in [4.78, 5) is 53.5. The fraction of sp³-hybridized carbons (Fsp3) is 0.385. The first-order chi connectivity index (χ1) is 16.1. The lowest BCUT2D eigenvalue weighted by Crippen LogP contribution is -2.52. The molecule has 3 amide bonds. The van der Waals surface area contributed by atoms with Crippen LogP contribution >= 0.6 is 23.2 Å². The van der Waals surface area contributed by atoms with Gasteiger partial charge in [0.1, 0.15) is 6.54 Å². The monoisotopic (exact) mass is 500 g/mol. The lowest BCUT2D eigenvalue weighted by Gasteiger charge is -2.30. The van der Waals surface area contributed by atoms with Gasteiger partial charge < -0.3 is 0 Å². The van der Waals surface area contributed by atoms with Crippen LogP contribution in [0.4, 0.5) is 0 Å². The van der Waals surface area contributed by atoms with Crippen LogP contribution in [0.3, 0.4) is 0 Å². The van der Waals surface area contributed by atoms with E-state index < -0.39 is 36.1 Å². The maximum Gasteiger partial charge on any atom is 0.273 e. The number of ketones is 1. The third-order valence-corrected chi connectivity index (χ3v) is 7.67. The summed E-state index contributed by atoms with van der Waals surface area (Å²) in [5.41, 5.74) is 2.50. The molecule has 1 aliphatic heterocycles. The van der Waals surface area contributed by atoms with Crippen LogP contribution in [0.2, 0.25) is 10.0 Å². The third-order valence-electron chi connectivity index (χ3n) is 6.93. The molecule has 2 aliphatic rings. The molecule has 1 heterocycles. The number of fused-ring (bicyclic) bond motifs is 1. The molecular weight excluding hydrogens is 475 g/mol. The van der Waals surface area contributed by atoms with Crippen molar-refractivity contribution in [1.29, 1.82) is 0 Å². The number of benzene rings is 2. The Bertz CT molecular complexity index is 1200. The van der Waals surface area contributed by atoms with Gasteiger partial charge in [-0.1, -0.05) is 42.3 Å². The molecule has 34 heavy (non-hydrogen) atoms. The molecule has 3 atom stereocenters. The zero-order chi connectivity index (χ0) is 24.7. The van der Waals surface area contributed by atoms with E-state index in [1.165, 1.54) is 18.2 Å². The number of hydrazine groups is 1. The topological polar surface area (TPSA) is 74.8 Å². The van der Waals surface area contributed by atoms with Crippen molar-refractivity contribution in [3.05, 3.63) is 68.7 Å². The van der Waals surface area contributed by atoms with E-state index >= 15 is 0 Å². The van der Waals surface area contributed by atoms with Gasteiger partial charge >= 0.3 is 0 Å². The number of carbonyl (C=O) groups is 4. The van der Waals surface area contributed by atoms with E-state index in [1.807, 2.05) is 19.9 Å². The second-order valence-electron chi connectivity index (χ2n) is 9.33. The highest BCUT2D eigenvalue weighted by molar-refractivity contribution is 6.42. The number of imide groups is 1. The number of halogens is 2. The first-order valence-corrected chi connectivity index (χ1v) is 12.1. The summed E-state index contributed by atoms with van der Waals surface area (Å²) in [6, 6.07) is 9.56. The molecule has 2 fully saturated rings. The fourth-order valence-corrected chi connectivity index (χ4v) is 5.06. The molecule has 8 heteroatoms. The standard InChI is InChI=1S/C26H26Cl2N2O4/c1-14-4-8-19-20(10-14)26(34)30(25(19)33)29(24(32)18-7-9-21(27)22(28)12-18)13-23(31)17-6-5-15(2)16(3)11-17/h5-7,9,11-12,14,19-20H,4,8,10,13H2,1-3H3/t14-,19+,20+/m0/s1. The minimum atomic E-state index is -0.663. The molecule has 0 spiro atoms. The van der Waals surface area contributed by atoms with Crippen molar-refractivity contribution in [3.63, 3.8) is 0 Å². The van der Waals surface area contributed by atoms with Crippen LogP contribution < -0.4 is 0 Å². The van der Waals surface area contributed by atoms with E-state index in [1.54, 1.807) is 12.1 Å². The molecule has 1 saturated carbocycles. The van der Waals surface area contributed by atoms with Gasteiger partial charge in [0.15, 0.2) is 5.78 Å². The number of nitrogens with zero attached hydrogens (tertiary/aromatic N) is 2. The van der Waals surface area contributed by atoms with Crippen molar-refractivity contribution >= 4 is 46.7 Å². The van der Waals surface area contributed by atoms with Crippen molar-refractivity contribution in [1.82, 2.24) is 10.0 Å². The average molecular weight is 501 g/mol. The second-order valence-corrected chi connectivity index (χ2v) is 10.1. The van der Waals surface area contributed by atoms with E-state index in [4.69, 9.17) is 23.2 Å². The number of amides is 3. The van der Waals surface area contributed by atoms with Gasteiger partial charge in [0.25, 0.3) is 17.7 Å². The molecule has 2 aromatic carbocycles. The van der Waals surface area contributed by atoms with Crippen molar-refractivity contribution in [2.75, 3.05) is 6.54 Å². The van der Waals surface area contributed by atoms with Crippen molar-refractivity contribution < 1.29 is 19.2 Å². The van der Waals surface area contributed by atoms with Gasteiger partial charge in [-0.15, -0.1) is 0 Å². The lowest BCUT2D eigenvalue weighted by atomic mass is 9.76. The minimum Gasteiger partial charge on any atom is -0.292 e. The Morgan fingerprint density at radius 1 is 0.912 bits per heavy atom. The molecule has 1 aliphatic carbocycles. The van der Waals surface area contributed by atoms with Gasteiger partial charge in [-0.3, -0.25) is 19.2 Å². The molecule has 0 unspecified atom stereocenters. The van der Waals surface area contributed by atoms with Gasteiger partial charge in [0.05, 0.1) is 21.9 Å². The average Bonchev–Trinajstić information content (AvgIpc) is 3.04. The minimum absolute atomic E-state index is 0.131. The fourth-order valence-electron chi connectivity index (χ4n) is 4.76. The maximum absolute atomic E-state index is 13.6. The lowest BCUT2D eigenvalue weighted by molar-refractivity contribution is -0.154. The largest absolute Gasteiger partial charge is 0.292 e. The number of Topliss-reactive ketones (excluding diaryl/α,β-unsaturated/α-hetero) is 1. The van der Waals surface area contributed by atoms with Crippen LogP contribution in [-0.4, -0.2) is 40.1 Å². The Kier molecular flexibility index (Phi) is 6.83. The van der Waals surface area contributed by atoms with Crippen LogP contribution in [0.25, 0.3) is 0 Å². The summed E-state index contributed by atoms with van der Waals surface area (Å²) >= 11 is 12.1. The third kappa shape index (κ3) is 4.49. The van der Waals surface area contributed by atoms with Crippen molar-refractivity contribution in [3.8, 4) is 0 Å². The normalized spacial score (nSPS) is 22.0. The highest BCUT2D eigenvalue weighted by Crippen LogP contribution is 2.41. The number of rotatable bonds is 5. The van der Waals surface area contributed by atoms with Crippen molar-refractivity contribution in [2.24, 2.45) is 17.8 Å². The maximum atomic E-state index is 13.6. The quantitative estimate of drug-likeness (QED) is 0.413. The van der Waals surface area contributed by atoms with Gasteiger partial charge in [-0.2, -0.15) is 5.01 Å². The summed E-state index contributed by atoms with van der Waals surface area (Å²) in [5.74, 6) is -2.52. The Hall–Kier alpha value is -2.70. The molecular formula is C26H26Cl2N2O4. The predicted octanol–water partition coefficient (Wildman–Crippen LogP) is 5.27. The van der Waals surface area contributed by atoms with E-state index in [2.05, 4.69) is 6.92 Å². The SMILES string of the molecule is Cc1ccc(C(=O)CN(C(=O)c2ccc(Cl)c(Cl)c2)N2C(=O)[C@@H]3CC[C@H](C)C[C@H]3C2=O)cc1C. The molecule has 2 aromatic rings. The summed E-state index contributed by atoms with van der Waals surface area (Å²) in [5, 5.41) is 2.31. The Balaban J connectivity index is 1.71. The zero-order valence-electron chi connectivity index (χ0n) is 19.3. The smallest absolute Gasteiger partial charge is 0.273 e. The highest BCUT2D eigenvalue weighted by Gasteiger charge is 2.52. The second kappa shape index (κ2) is 9.51. The number of hydrogen-bond acceptors (Lipinski definition) is 4. The van der Waals surface area contributed by atoms with E-state index in [0.717, 1.165) is 27.6 Å². The van der Waals surface area contributed by atoms with E-state index in [0.29, 0.717) is 24.3 Å². The first-order valence-electron chi connectivity index (χ1n) is 11.3. The van der Waals surface area contributed by atoms with Gasteiger partial charge in [0, 0.05) is 11.1 Å². The Labute approximate surface area is 208 Å². The zero-order valence-corrected chi connectivity index (χ0v) is 20.8. The Morgan fingerprint density at radius 3 is 2.26 bits per heavy atom. The predicted molar refractivity (Wildman–Crippen MR) is 130 cm³/mol. The molecule has 0 N–H and O–H groups in total. The molecule has 1 saturated heterocycles. The Morgan fingerprint density at radius 2 is 1.59 bits per heavy atom. The van der Waals surface area contributed by atoms with Gasteiger partial charge in [0.2, 0.25) is 0 Å². The summed E-state index contributed by atoms with van der Waals surface area (Å²) < 4.78 is 0. The number of hydrogen-bond donors (Lipinski definition) is 0. The van der Waals surface area contributed by atoms with Crippen LogP contribution in [0.5, 0.6) is 0 Å².